The van der Waals surface area contributed by atoms with Crippen molar-refractivity contribution < 1.29 is 63.9 Å². The van der Waals surface area contributed by atoms with E-state index in [1.807, 2.05) is 13.8 Å². The first-order valence-corrected chi connectivity index (χ1v) is 4.80. The molecule has 0 saturated carbocycles. The van der Waals surface area contributed by atoms with Crippen molar-refractivity contribution in [2.75, 3.05) is 6.61 Å². The summed E-state index contributed by atoms with van der Waals surface area (Å²) >= 11 is 18.6. The zero-order valence-corrected chi connectivity index (χ0v) is 16.0. The van der Waals surface area contributed by atoms with Gasteiger partial charge in [-0.15, -0.1) is 0 Å². The van der Waals surface area contributed by atoms with Gasteiger partial charge in [-0.2, -0.15) is 0 Å². The van der Waals surface area contributed by atoms with E-state index < -0.39 is 0 Å². The molecule has 0 spiro atoms. The summed E-state index contributed by atoms with van der Waals surface area (Å²) in [4.78, 5) is 0. The maximum Gasteiger partial charge on any atom is 1.00 e. The van der Waals surface area contributed by atoms with Crippen molar-refractivity contribution in [1.29, 1.82) is 0 Å². The zero-order valence-electron chi connectivity index (χ0n) is 8.75. The molecule has 0 heterocycles. The van der Waals surface area contributed by atoms with Crippen LogP contribution in [0.2, 0.25) is 0 Å². The maximum absolute atomic E-state index is 4.99. The molecule has 2 nitrogen and oxygen atoms in total. The van der Waals surface area contributed by atoms with E-state index >= 15 is 0 Å². The molecular weight excluding hydrogens is 276 g/mol. The molecule has 0 unspecified atom stereocenters. The van der Waals surface area contributed by atoms with Crippen molar-refractivity contribution in [2.24, 2.45) is 0 Å². The Balaban J connectivity index is -0.000000605. The monoisotopic (exact) mass is 285 g/mol. The van der Waals surface area contributed by atoms with Crippen LogP contribution in [0.25, 0.3) is 0 Å². The molecule has 0 amide bonds. The Hall–Kier alpha value is 2.22. The fourth-order valence-electron chi connectivity index (χ4n) is 0.552. The van der Waals surface area contributed by atoms with Gasteiger partial charge in [-0.3, -0.25) is 0 Å². The van der Waals surface area contributed by atoms with Crippen molar-refractivity contribution >= 4 is 58.4 Å². The Labute approximate surface area is 151 Å². The maximum atomic E-state index is 4.99. The third kappa shape index (κ3) is 14.2. The average Bonchev–Trinajstić information content (AvgIpc) is 1.81. The Morgan fingerprint density at radius 1 is 1.29 bits per heavy atom. The third-order valence-corrected chi connectivity index (χ3v) is 1.43. The van der Waals surface area contributed by atoms with Crippen molar-refractivity contribution in [3.05, 3.63) is 0 Å². The molecular formula is C6H9NNa2OS4. The van der Waals surface area contributed by atoms with Gasteiger partial charge in [0.25, 0.3) is 0 Å². The van der Waals surface area contributed by atoms with E-state index in [4.69, 9.17) is 29.6 Å². The van der Waals surface area contributed by atoms with E-state index in [1.165, 1.54) is 0 Å². The van der Waals surface area contributed by atoms with E-state index in [0.717, 1.165) is 0 Å². The van der Waals surface area contributed by atoms with E-state index in [0.29, 0.717) is 10.9 Å². The summed E-state index contributed by atoms with van der Waals surface area (Å²) in [5, 5.41) is 2.89. The fourth-order valence-corrected chi connectivity index (χ4v) is 1.22. The second-order valence-electron chi connectivity index (χ2n) is 2.84. The van der Waals surface area contributed by atoms with Gasteiger partial charge in [0.1, 0.15) is 6.61 Å². The molecule has 0 atom stereocenters. The average molecular weight is 285 g/mol. The third-order valence-electron chi connectivity index (χ3n) is 0.991. The van der Waals surface area contributed by atoms with Crippen LogP contribution in [-0.2, 0) is 30.0 Å². The smallest absolute Gasteiger partial charge is 0.511 e. The van der Waals surface area contributed by atoms with Gasteiger partial charge in [0.2, 0.25) is 0 Å². The van der Waals surface area contributed by atoms with Crippen molar-refractivity contribution in [3.63, 3.8) is 0 Å². The summed E-state index contributed by atoms with van der Waals surface area (Å²) in [6.07, 6.45) is 0. The van der Waals surface area contributed by atoms with Crippen LogP contribution in [0.1, 0.15) is 13.8 Å². The predicted molar refractivity (Wildman–Crippen MR) is 63.1 cm³/mol. The van der Waals surface area contributed by atoms with Gasteiger partial charge >= 0.3 is 59.1 Å². The SMILES string of the molecule is CC(C)(COC(=S)[S-])NC(=S)[S-].[Na+].[Na+]. The molecule has 0 aliphatic carbocycles. The first-order valence-electron chi connectivity index (χ1n) is 3.16. The first-order chi connectivity index (χ1) is 5.33. The largest absolute Gasteiger partial charge is 1.00 e. The molecule has 0 fully saturated rings. The number of hydrogen-bond donors (Lipinski definition) is 1. The van der Waals surface area contributed by atoms with Crippen LogP contribution >= 0.6 is 24.4 Å². The molecule has 0 bridgehead atoms. The molecule has 0 aromatic carbocycles. The van der Waals surface area contributed by atoms with E-state index in [2.05, 4.69) is 30.2 Å². The van der Waals surface area contributed by atoms with Crippen LogP contribution in [-0.4, -0.2) is 20.8 Å². The van der Waals surface area contributed by atoms with Gasteiger partial charge < -0.3 is 59.7 Å². The quantitative estimate of drug-likeness (QED) is 0.316. The van der Waals surface area contributed by atoms with Crippen LogP contribution in [0.5, 0.6) is 0 Å². The van der Waals surface area contributed by atoms with Crippen LogP contribution in [0.3, 0.4) is 0 Å². The molecule has 0 aromatic heterocycles. The number of ether oxygens (including phenoxy) is 1. The van der Waals surface area contributed by atoms with Gasteiger partial charge in [-0.25, -0.2) is 0 Å². The molecule has 0 rings (SSSR count). The minimum atomic E-state index is -0.318. The number of rotatable bonds is 3. The Morgan fingerprint density at radius 2 is 1.71 bits per heavy atom. The van der Waals surface area contributed by atoms with Crippen molar-refractivity contribution in [2.45, 2.75) is 19.4 Å². The summed E-state index contributed by atoms with van der Waals surface area (Å²) in [5.74, 6) is 0. The number of nitrogens with one attached hydrogen (secondary N) is 1. The first kappa shape index (κ1) is 21.5. The van der Waals surface area contributed by atoms with Gasteiger partial charge in [0.05, 0.1) is 5.54 Å². The standard InChI is InChI=1S/C6H11NOS4.2Na/c1-6(2,7-4(9)10)3-8-5(11)12;;/h3H2,1-2H3,(H,11,12)(H2,7,9,10);;/q;2*+1/p-2. The number of thiocarbonyl (C=S) groups is 2. The normalized spacial score (nSPS) is 9.00. The fraction of sp³-hybridized carbons (Fsp3) is 0.667. The van der Waals surface area contributed by atoms with E-state index in [1.54, 1.807) is 0 Å². The Kier molecular flexibility index (Phi) is 15.9. The summed E-state index contributed by atoms with van der Waals surface area (Å²) < 4.78 is 5.42. The summed E-state index contributed by atoms with van der Waals surface area (Å²) in [5.41, 5.74) is -0.318. The van der Waals surface area contributed by atoms with Gasteiger partial charge in [0.15, 0.2) is 0 Å². The molecule has 14 heavy (non-hydrogen) atoms. The number of hydrogen-bond acceptors (Lipinski definition) is 5. The predicted octanol–water partition coefficient (Wildman–Crippen LogP) is -4.96. The molecule has 0 aliphatic rings. The minimum Gasteiger partial charge on any atom is -0.511 e. The van der Waals surface area contributed by atoms with Crippen molar-refractivity contribution in [3.8, 4) is 0 Å². The van der Waals surface area contributed by atoms with Crippen molar-refractivity contribution in [1.82, 2.24) is 5.32 Å². The molecule has 8 heteroatoms. The molecule has 1 N–H and O–H groups in total. The molecule has 0 saturated heterocycles. The Bertz CT molecular complexity index is 200. The molecule has 70 valence electrons. The van der Waals surface area contributed by atoms with Crippen LogP contribution in [0.15, 0.2) is 0 Å². The summed E-state index contributed by atoms with van der Waals surface area (Å²) in [7, 11) is 0. The van der Waals surface area contributed by atoms with Crippen LogP contribution in [0, 0.1) is 0 Å². The van der Waals surface area contributed by atoms with Gasteiger partial charge in [-0.1, -0.05) is 4.32 Å². The zero-order chi connectivity index (χ0) is 9.78. The van der Waals surface area contributed by atoms with E-state index in [-0.39, 0.29) is 69.0 Å². The second kappa shape index (κ2) is 10.4. The summed E-state index contributed by atoms with van der Waals surface area (Å²) in [6.45, 7) is 4.17. The molecule has 0 aromatic rings. The van der Waals surface area contributed by atoms with Gasteiger partial charge in [-0.05, 0) is 13.8 Å². The topological polar surface area (TPSA) is 21.3 Å². The summed E-state index contributed by atoms with van der Waals surface area (Å²) in [6, 6.07) is 0. The Morgan fingerprint density at radius 3 is 2.00 bits per heavy atom. The van der Waals surface area contributed by atoms with E-state index in [9.17, 15) is 0 Å². The van der Waals surface area contributed by atoms with Crippen LogP contribution < -0.4 is 64.4 Å². The molecule has 0 aliphatic heterocycles. The van der Waals surface area contributed by atoms with Crippen LogP contribution in [0.4, 0.5) is 0 Å². The second-order valence-corrected chi connectivity index (χ2v) is 4.91. The van der Waals surface area contributed by atoms with Gasteiger partial charge in [0, 0.05) is 4.38 Å². The molecule has 0 radical (unpaired) electrons. The minimum absolute atomic E-state index is 0.